The number of methoxy groups -OCH3 is 1. The van der Waals surface area contributed by atoms with E-state index in [1.54, 1.807) is 12.1 Å². The van der Waals surface area contributed by atoms with Crippen LogP contribution in [0.15, 0.2) is 47.5 Å². The predicted octanol–water partition coefficient (Wildman–Crippen LogP) is 2.44. The van der Waals surface area contributed by atoms with Gasteiger partial charge in [0.05, 0.1) is 17.7 Å². The lowest BCUT2D eigenvalue weighted by Crippen LogP contribution is -2.46. The van der Waals surface area contributed by atoms with Gasteiger partial charge in [-0.15, -0.1) is 0 Å². The van der Waals surface area contributed by atoms with Gasteiger partial charge < -0.3 is 10.1 Å². The highest BCUT2D eigenvalue weighted by Gasteiger charge is 2.49. The maximum Gasteiger partial charge on any atom is 0.501 e. The molecule has 1 saturated heterocycles. The molecule has 2 aromatic rings. The normalized spacial score (nSPS) is 19.7. The summed E-state index contributed by atoms with van der Waals surface area (Å²) in [5, 5.41) is 2.56. The van der Waals surface area contributed by atoms with Crippen molar-refractivity contribution in [1.82, 2.24) is 10.3 Å². The van der Waals surface area contributed by atoms with E-state index in [0.717, 1.165) is 17.0 Å². The average molecular weight is 443 g/mol. The number of rotatable bonds is 5. The van der Waals surface area contributed by atoms with Gasteiger partial charge in [0, 0.05) is 18.7 Å². The largest absolute Gasteiger partial charge is 0.501 e. The van der Waals surface area contributed by atoms with Gasteiger partial charge in [0.15, 0.2) is 0 Å². The Hall–Kier alpha value is -3.15. The molecule has 8 nitrogen and oxygen atoms in total. The zero-order chi connectivity index (χ0) is 22.3. The smallest absolute Gasteiger partial charge is 0.481 e. The Morgan fingerprint density at radius 1 is 1.17 bits per heavy atom. The Morgan fingerprint density at radius 3 is 2.37 bits per heavy atom. The van der Waals surface area contributed by atoms with Gasteiger partial charge in [-0.05, 0) is 42.8 Å². The third-order valence-corrected chi connectivity index (χ3v) is 6.04. The first-order valence-corrected chi connectivity index (χ1v) is 9.94. The van der Waals surface area contributed by atoms with E-state index in [1.807, 2.05) is 0 Å². The molecule has 12 heteroatoms. The molecule has 1 atom stereocenters. The summed E-state index contributed by atoms with van der Waals surface area (Å²) in [4.78, 5) is 29.1. The molecule has 1 aromatic heterocycles. The van der Waals surface area contributed by atoms with Crippen molar-refractivity contribution in [2.24, 2.45) is 0 Å². The number of carbonyl (C=O) groups excluding carboxylic acids is 2. The fourth-order valence-corrected chi connectivity index (χ4v) is 3.79. The third kappa shape index (κ3) is 3.70. The number of hydrogen-bond donors (Lipinski definition) is 1. The molecular formula is C18H16F3N3O5S. The maximum atomic E-state index is 12.9. The van der Waals surface area contributed by atoms with E-state index >= 15 is 0 Å². The van der Waals surface area contributed by atoms with Crippen molar-refractivity contribution in [3.05, 3.63) is 48.2 Å². The summed E-state index contributed by atoms with van der Waals surface area (Å²) in [7, 11) is -4.10. The van der Waals surface area contributed by atoms with Crippen molar-refractivity contribution in [3.63, 3.8) is 0 Å². The minimum Gasteiger partial charge on any atom is -0.481 e. The van der Waals surface area contributed by atoms with Crippen LogP contribution in [-0.2, 0) is 21.1 Å². The van der Waals surface area contributed by atoms with E-state index in [-0.39, 0.29) is 12.1 Å². The zero-order valence-electron chi connectivity index (χ0n) is 15.7. The second-order valence-electron chi connectivity index (χ2n) is 6.73. The molecule has 1 unspecified atom stereocenters. The Morgan fingerprint density at radius 2 is 1.80 bits per heavy atom. The van der Waals surface area contributed by atoms with E-state index in [1.165, 1.54) is 20.2 Å². The lowest BCUT2D eigenvalue weighted by molar-refractivity contribution is -0.121. The van der Waals surface area contributed by atoms with E-state index in [9.17, 15) is 31.2 Å². The van der Waals surface area contributed by atoms with Gasteiger partial charge in [0.1, 0.15) is 5.54 Å². The number of nitrogens with zero attached hydrogens (tertiary/aromatic N) is 2. The van der Waals surface area contributed by atoms with Crippen LogP contribution in [0, 0.1) is 0 Å². The molecule has 1 aliphatic heterocycles. The van der Waals surface area contributed by atoms with Gasteiger partial charge in [0.2, 0.25) is 5.88 Å². The van der Waals surface area contributed by atoms with Crippen molar-refractivity contribution in [1.29, 1.82) is 0 Å². The molecule has 1 N–H and O–H groups in total. The maximum absolute atomic E-state index is 12.9. The Bertz CT molecular complexity index is 1100. The van der Waals surface area contributed by atoms with Crippen LogP contribution in [-0.4, -0.2) is 43.5 Å². The van der Waals surface area contributed by atoms with Crippen molar-refractivity contribution in [2.75, 3.05) is 12.0 Å². The molecule has 0 bridgehead atoms. The summed E-state index contributed by atoms with van der Waals surface area (Å²) in [6.07, 6.45) is 1.59. The minimum absolute atomic E-state index is 0.0605. The SMILES string of the molecule is COc1cc(CC2(C)NC(=O)N(c3ccc(S(=O)(=O)C(F)(F)F)cc3)C2=O)ccn1. The number of urea groups is 1. The highest BCUT2D eigenvalue weighted by Crippen LogP contribution is 2.33. The first kappa shape index (κ1) is 21.6. The second kappa shape index (κ2) is 7.27. The van der Waals surface area contributed by atoms with Gasteiger partial charge in [-0.25, -0.2) is 23.1 Å². The lowest BCUT2D eigenvalue weighted by atomic mass is 9.93. The van der Waals surface area contributed by atoms with Crippen LogP contribution in [0.5, 0.6) is 5.88 Å². The fraction of sp³-hybridized carbons (Fsp3) is 0.278. The van der Waals surface area contributed by atoms with Crippen molar-refractivity contribution < 1.29 is 35.9 Å². The van der Waals surface area contributed by atoms with E-state index < -0.39 is 37.7 Å². The van der Waals surface area contributed by atoms with Gasteiger partial charge in [-0.2, -0.15) is 13.2 Å². The fourth-order valence-electron chi connectivity index (χ4n) is 3.03. The Labute approximate surface area is 169 Å². The number of amides is 3. The van der Waals surface area contributed by atoms with Gasteiger partial charge in [-0.3, -0.25) is 4.79 Å². The van der Waals surface area contributed by atoms with Crippen LogP contribution in [0.4, 0.5) is 23.7 Å². The number of sulfone groups is 1. The summed E-state index contributed by atoms with van der Waals surface area (Å²) in [6, 6.07) is 5.80. The topological polar surface area (TPSA) is 106 Å². The number of halogens is 3. The van der Waals surface area contributed by atoms with Crippen LogP contribution in [0.3, 0.4) is 0 Å². The van der Waals surface area contributed by atoms with E-state index in [4.69, 9.17) is 4.74 Å². The lowest BCUT2D eigenvalue weighted by Gasteiger charge is -2.22. The quantitative estimate of drug-likeness (QED) is 0.712. The number of carbonyl (C=O) groups is 2. The highest BCUT2D eigenvalue weighted by atomic mass is 32.2. The number of anilines is 1. The number of pyridine rings is 1. The Kier molecular flexibility index (Phi) is 5.23. The molecule has 160 valence electrons. The van der Waals surface area contributed by atoms with Crippen LogP contribution in [0.2, 0.25) is 0 Å². The van der Waals surface area contributed by atoms with Gasteiger partial charge in [0.25, 0.3) is 15.7 Å². The van der Waals surface area contributed by atoms with Crippen LogP contribution in [0.25, 0.3) is 0 Å². The number of benzene rings is 1. The molecule has 1 fully saturated rings. The molecule has 30 heavy (non-hydrogen) atoms. The summed E-state index contributed by atoms with van der Waals surface area (Å²) >= 11 is 0. The van der Waals surface area contributed by atoms with Crippen molar-refractivity contribution in [3.8, 4) is 5.88 Å². The predicted molar refractivity (Wildman–Crippen MR) is 98.6 cm³/mol. The third-order valence-electron chi connectivity index (χ3n) is 4.54. The van der Waals surface area contributed by atoms with Gasteiger partial charge >= 0.3 is 11.5 Å². The van der Waals surface area contributed by atoms with E-state index in [2.05, 4.69) is 10.3 Å². The number of nitrogens with one attached hydrogen (secondary N) is 1. The standard InChI is InChI=1S/C18H16F3N3O5S/c1-17(10-11-7-8-22-14(9-11)29-2)15(25)24(16(26)23-17)12-3-5-13(6-4-12)30(27,28)18(19,20)21/h3-9H,10H2,1-2H3,(H,23,26). The van der Waals surface area contributed by atoms with Crippen LogP contribution < -0.4 is 15.0 Å². The molecule has 0 spiro atoms. The summed E-state index contributed by atoms with van der Waals surface area (Å²) < 4.78 is 66.0. The zero-order valence-corrected chi connectivity index (χ0v) is 16.5. The van der Waals surface area contributed by atoms with Crippen molar-refractivity contribution in [2.45, 2.75) is 29.3 Å². The first-order chi connectivity index (χ1) is 13.9. The molecule has 0 radical (unpaired) electrons. The first-order valence-electron chi connectivity index (χ1n) is 8.46. The molecule has 3 rings (SSSR count). The Balaban J connectivity index is 1.87. The number of aromatic nitrogens is 1. The molecule has 0 saturated carbocycles. The molecule has 1 aromatic carbocycles. The summed E-state index contributed by atoms with van der Waals surface area (Å²) in [5.74, 6) is -0.319. The average Bonchev–Trinajstić information content (AvgIpc) is 2.89. The van der Waals surface area contributed by atoms with E-state index in [0.29, 0.717) is 23.6 Å². The summed E-state index contributed by atoms with van der Waals surface area (Å²) in [6.45, 7) is 1.50. The second-order valence-corrected chi connectivity index (χ2v) is 8.67. The number of imide groups is 1. The summed E-state index contributed by atoms with van der Waals surface area (Å²) in [5.41, 5.74) is -6.19. The van der Waals surface area contributed by atoms with Crippen LogP contribution in [0.1, 0.15) is 12.5 Å². The van der Waals surface area contributed by atoms with Gasteiger partial charge in [-0.1, -0.05) is 0 Å². The number of hydrogen-bond acceptors (Lipinski definition) is 6. The van der Waals surface area contributed by atoms with Crippen molar-refractivity contribution >= 4 is 27.5 Å². The molecular weight excluding hydrogens is 427 g/mol. The number of alkyl halides is 3. The van der Waals surface area contributed by atoms with Crippen LogP contribution >= 0.6 is 0 Å². The highest BCUT2D eigenvalue weighted by molar-refractivity contribution is 7.92. The molecule has 1 aliphatic rings. The number of ether oxygens (including phenoxy) is 1. The molecule has 2 heterocycles. The monoisotopic (exact) mass is 443 g/mol. The minimum atomic E-state index is -5.54. The molecule has 0 aliphatic carbocycles. The molecule has 3 amide bonds.